The zero-order chi connectivity index (χ0) is 10.4. The molecule has 0 radical (unpaired) electrons. The minimum atomic E-state index is 0.185. The van der Waals surface area contributed by atoms with Crippen molar-refractivity contribution in [2.75, 3.05) is 5.75 Å². The highest BCUT2D eigenvalue weighted by atomic mass is 35.5. The van der Waals surface area contributed by atoms with E-state index in [2.05, 4.69) is 6.58 Å². The molecule has 0 heterocycles. The summed E-state index contributed by atoms with van der Waals surface area (Å²) in [6.45, 7) is 3.52. The zero-order valence-corrected chi connectivity index (χ0v) is 9.27. The summed E-state index contributed by atoms with van der Waals surface area (Å²) in [5, 5.41) is 0.700. The Kier molecular flexibility index (Phi) is 4.77. The third kappa shape index (κ3) is 3.99. The first kappa shape index (κ1) is 11.3. The molecule has 3 heteroatoms. The van der Waals surface area contributed by atoms with Crippen LogP contribution in [0.5, 0.6) is 0 Å². The van der Waals surface area contributed by atoms with E-state index in [-0.39, 0.29) is 5.78 Å². The molecule has 1 rings (SSSR count). The van der Waals surface area contributed by atoms with Crippen molar-refractivity contribution >= 4 is 29.1 Å². The average Bonchev–Trinajstić information content (AvgIpc) is 2.15. The summed E-state index contributed by atoms with van der Waals surface area (Å²) in [6, 6.07) is 7.49. The smallest absolute Gasteiger partial charge is 0.146 e. The molecule has 0 saturated heterocycles. The van der Waals surface area contributed by atoms with E-state index in [4.69, 9.17) is 11.6 Å². The van der Waals surface area contributed by atoms with Gasteiger partial charge in [0.05, 0.1) is 5.75 Å². The van der Waals surface area contributed by atoms with Crippen molar-refractivity contribution in [3.05, 3.63) is 41.9 Å². The van der Waals surface area contributed by atoms with Crippen molar-refractivity contribution in [3.63, 3.8) is 0 Å². The van der Waals surface area contributed by atoms with Crippen LogP contribution in [0.3, 0.4) is 0 Å². The fraction of sp³-hybridized carbons (Fsp3) is 0.182. The molecule has 1 aromatic carbocycles. The van der Waals surface area contributed by atoms with Crippen molar-refractivity contribution in [2.45, 2.75) is 11.3 Å². The second kappa shape index (κ2) is 5.89. The van der Waals surface area contributed by atoms with Crippen LogP contribution in [0.1, 0.15) is 6.42 Å². The van der Waals surface area contributed by atoms with Gasteiger partial charge in [-0.3, -0.25) is 4.79 Å². The first-order valence-corrected chi connectivity index (χ1v) is 5.59. The molecule has 0 unspecified atom stereocenters. The predicted octanol–water partition coefficient (Wildman–Crippen LogP) is 3.58. The Morgan fingerprint density at radius 3 is 3.00 bits per heavy atom. The van der Waals surface area contributed by atoms with Crippen molar-refractivity contribution < 1.29 is 4.79 Å². The molecule has 0 aliphatic carbocycles. The number of carbonyl (C=O) groups is 1. The second-order valence-corrected chi connectivity index (χ2v) is 4.26. The third-order valence-corrected chi connectivity index (χ3v) is 2.86. The highest BCUT2D eigenvalue weighted by molar-refractivity contribution is 8.00. The average molecular weight is 227 g/mol. The topological polar surface area (TPSA) is 17.1 Å². The highest BCUT2D eigenvalue weighted by Gasteiger charge is 2.00. The van der Waals surface area contributed by atoms with E-state index in [1.807, 2.05) is 24.3 Å². The first-order chi connectivity index (χ1) is 6.72. The van der Waals surface area contributed by atoms with Gasteiger partial charge in [0.15, 0.2) is 0 Å². The van der Waals surface area contributed by atoms with Gasteiger partial charge in [0.1, 0.15) is 5.78 Å². The van der Waals surface area contributed by atoms with Gasteiger partial charge >= 0.3 is 0 Å². The van der Waals surface area contributed by atoms with E-state index in [0.717, 1.165) is 4.90 Å². The van der Waals surface area contributed by atoms with Crippen LogP contribution < -0.4 is 0 Å². The Morgan fingerprint density at radius 2 is 2.36 bits per heavy atom. The molecule has 0 N–H and O–H groups in total. The molecule has 0 aliphatic heterocycles. The lowest BCUT2D eigenvalue weighted by Gasteiger charge is -1.99. The van der Waals surface area contributed by atoms with Crippen LogP contribution in [-0.4, -0.2) is 11.5 Å². The van der Waals surface area contributed by atoms with Gasteiger partial charge < -0.3 is 0 Å². The van der Waals surface area contributed by atoms with Crippen molar-refractivity contribution in [1.82, 2.24) is 0 Å². The van der Waals surface area contributed by atoms with E-state index < -0.39 is 0 Å². The quantitative estimate of drug-likeness (QED) is 0.564. The summed E-state index contributed by atoms with van der Waals surface area (Å²) in [6.07, 6.45) is 2.06. The van der Waals surface area contributed by atoms with Crippen LogP contribution in [0.2, 0.25) is 5.02 Å². The fourth-order valence-electron chi connectivity index (χ4n) is 0.941. The van der Waals surface area contributed by atoms with Crippen molar-refractivity contribution in [1.29, 1.82) is 0 Å². The summed E-state index contributed by atoms with van der Waals surface area (Å²) in [5.74, 6) is 0.664. The molecule has 14 heavy (non-hydrogen) atoms. The molecule has 1 aromatic rings. The van der Waals surface area contributed by atoms with Crippen LogP contribution >= 0.6 is 23.4 Å². The van der Waals surface area contributed by atoms with Gasteiger partial charge in [-0.05, 0) is 18.2 Å². The lowest BCUT2D eigenvalue weighted by atomic mass is 10.3. The minimum Gasteiger partial charge on any atom is -0.298 e. The Morgan fingerprint density at radius 1 is 1.57 bits per heavy atom. The minimum absolute atomic E-state index is 0.185. The van der Waals surface area contributed by atoms with Crippen LogP contribution in [0.4, 0.5) is 0 Å². The van der Waals surface area contributed by atoms with Crippen LogP contribution in [0.25, 0.3) is 0 Å². The maximum atomic E-state index is 11.2. The summed E-state index contributed by atoms with van der Waals surface area (Å²) in [5.41, 5.74) is 0. The molecule has 0 spiro atoms. The normalized spacial score (nSPS) is 9.79. The number of thioether (sulfide) groups is 1. The van der Waals surface area contributed by atoms with Crippen LogP contribution in [0, 0.1) is 0 Å². The summed E-state index contributed by atoms with van der Waals surface area (Å²) < 4.78 is 0. The number of halogens is 1. The number of Topliss-reactive ketones (excluding diaryl/α,β-unsaturated/α-hetero) is 1. The number of allylic oxidation sites excluding steroid dienone is 1. The Hall–Kier alpha value is -0.730. The van der Waals surface area contributed by atoms with Gasteiger partial charge in [-0.2, -0.15) is 0 Å². The molecular weight excluding hydrogens is 216 g/mol. The maximum Gasteiger partial charge on any atom is 0.146 e. The monoisotopic (exact) mass is 226 g/mol. The first-order valence-electron chi connectivity index (χ1n) is 4.23. The summed E-state index contributed by atoms with van der Waals surface area (Å²) in [4.78, 5) is 12.2. The largest absolute Gasteiger partial charge is 0.298 e. The zero-order valence-electron chi connectivity index (χ0n) is 7.70. The van der Waals surface area contributed by atoms with E-state index in [9.17, 15) is 4.79 Å². The molecule has 0 amide bonds. The number of rotatable bonds is 5. The SMILES string of the molecule is C=CCC(=O)CSc1cccc(Cl)c1. The second-order valence-electron chi connectivity index (χ2n) is 2.78. The Bertz CT molecular complexity index is 336. The molecule has 1 nitrogen and oxygen atoms in total. The number of carbonyl (C=O) groups excluding carboxylic acids is 1. The number of hydrogen-bond donors (Lipinski definition) is 0. The van der Waals surface area contributed by atoms with Crippen LogP contribution in [-0.2, 0) is 4.79 Å². The molecule has 0 bridgehead atoms. The van der Waals surface area contributed by atoms with E-state index >= 15 is 0 Å². The lowest BCUT2D eigenvalue weighted by Crippen LogP contribution is -1.98. The van der Waals surface area contributed by atoms with E-state index in [1.165, 1.54) is 11.8 Å². The van der Waals surface area contributed by atoms with Crippen LogP contribution in [0.15, 0.2) is 41.8 Å². The lowest BCUT2D eigenvalue weighted by molar-refractivity contribution is -0.115. The highest BCUT2D eigenvalue weighted by Crippen LogP contribution is 2.21. The van der Waals surface area contributed by atoms with E-state index in [1.54, 1.807) is 6.08 Å². The Labute approximate surface area is 93.2 Å². The van der Waals surface area contributed by atoms with E-state index in [0.29, 0.717) is 17.2 Å². The number of benzene rings is 1. The predicted molar refractivity (Wildman–Crippen MR) is 62.0 cm³/mol. The summed E-state index contributed by atoms with van der Waals surface area (Å²) >= 11 is 7.31. The van der Waals surface area contributed by atoms with Crippen molar-refractivity contribution in [2.24, 2.45) is 0 Å². The van der Waals surface area contributed by atoms with Gasteiger partial charge in [-0.25, -0.2) is 0 Å². The molecule has 0 fully saturated rings. The fourth-order valence-corrected chi connectivity index (χ4v) is 2.03. The molecule has 0 aromatic heterocycles. The van der Waals surface area contributed by atoms with Gasteiger partial charge in [0, 0.05) is 16.3 Å². The standard InChI is InChI=1S/C11H11ClOS/c1-2-4-10(13)8-14-11-6-3-5-9(12)7-11/h2-3,5-7H,1,4,8H2. The Balaban J connectivity index is 2.45. The van der Waals surface area contributed by atoms with Crippen molar-refractivity contribution in [3.8, 4) is 0 Å². The molecule has 0 atom stereocenters. The maximum absolute atomic E-state index is 11.2. The molecule has 0 aliphatic rings. The molecule has 74 valence electrons. The van der Waals surface area contributed by atoms with Gasteiger partial charge in [-0.1, -0.05) is 23.7 Å². The van der Waals surface area contributed by atoms with Gasteiger partial charge in [0.25, 0.3) is 0 Å². The van der Waals surface area contributed by atoms with Gasteiger partial charge in [-0.15, -0.1) is 18.3 Å². The molecule has 0 saturated carbocycles. The van der Waals surface area contributed by atoms with Gasteiger partial charge in [0.2, 0.25) is 0 Å². The summed E-state index contributed by atoms with van der Waals surface area (Å²) in [7, 11) is 0. The number of hydrogen-bond acceptors (Lipinski definition) is 2. The molecular formula is C11H11ClOS. The number of ketones is 1. The third-order valence-electron chi connectivity index (χ3n) is 1.57.